The summed E-state index contributed by atoms with van der Waals surface area (Å²) < 4.78 is 12.3. The molecule has 0 bridgehead atoms. The molecule has 0 amide bonds. The largest absolute Gasteiger partial charge is 0.382 e. The predicted octanol–water partition coefficient (Wildman–Crippen LogP) is 0.457. The first kappa shape index (κ1) is 11.4. The number of nitrogens with zero attached hydrogens (tertiary/aromatic N) is 3. The molecule has 0 spiro atoms. The maximum absolute atomic E-state index is 5.45. The van der Waals surface area contributed by atoms with E-state index in [9.17, 15) is 0 Å². The first-order chi connectivity index (χ1) is 6.69. The molecule has 1 rings (SSSR count). The standard InChI is InChI=1S/C7H13BrN4O2/c1-13-3-5(4-14-2)12-6(8)10-7(9)11-12/h5H,3-4H2,1-2H3,(H2,9,11). The molecular weight excluding hydrogens is 252 g/mol. The summed E-state index contributed by atoms with van der Waals surface area (Å²) in [5.41, 5.74) is 5.45. The molecule has 0 saturated heterocycles. The summed E-state index contributed by atoms with van der Waals surface area (Å²) in [5.74, 6) is 0.231. The van der Waals surface area contributed by atoms with E-state index in [1.54, 1.807) is 18.9 Å². The third-order valence-electron chi connectivity index (χ3n) is 1.67. The van der Waals surface area contributed by atoms with Gasteiger partial charge in [-0.25, -0.2) is 4.68 Å². The van der Waals surface area contributed by atoms with E-state index in [1.807, 2.05) is 0 Å². The lowest BCUT2D eigenvalue weighted by Gasteiger charge is -2.15. The summed E-state index contributed by atoms with van der Waals surface area (Å²) in [6.45, 7) is 0.991. The number of nitrogens with two attached hydrogens (primary N) is 1. The monoisotopic (exact) mass is 264 g/mol. The molecule has 0 atom stereocenters. The summed E-state index contributed by atoms with van der Waals surface area (Å²) in [6.07, 6.45) is 0. The average molecular weight is 265 g/mol. The number of hydrogen-bond acceptors (Lipinski definition) is 5. The van der Waals surface area contributed by atoms with Crippen LogP contribution in [0, 0.1) is 0 Å². The number of ether oxygens (including phenoxy) is 2. The number of methoxy groups -OCH3 is 2. The van der Waals surface area contributed by atoms with Gasteiger partial charge in [0.15, 0.2) is 4.73 Å². The van der Waals surface area contributed by atoms with E-state index >= 15 is 0 Å². The fourth-order valence-electron chi connectivity index (χ4n) is 1.13. The van der Waals surface area contributed by atoms with Crippen molar-refractivity contribution in [2.24, 2.45) is 0 Å². The Labute approximate surface area is 90.5 Å². The third kappa shape index (κ3) is 2.66. The summed E-state index contributed by atoms with van der Waals surface area (Å²) in [5, 5.41) is 4.02. The van der Waals surface area contributed by atoms with E-state index in [0.29, 0.717) is 17.9 Å². The zero-order chi connectivity index (χ0) is 10.6. The van der Waals surface area contributed by atoms with Gasteiger partial charge in [-0.2, -0.15) is 4.98 Å². The molecular formula is C7H13BrN4O2. The fourth-order valence-corrected chi connectivity index (χ4v) is 1.68. The van der Waals surface area contributed by atoms with E-state index in [1.165, 1.54) is 0 Å². The van der Waals surface area contributed by atoms with Crippen molar-refractivity contribution in [3.8, 4) is 0 Å². The van der Waals surface area contributed by atoms with Gasteiger partial charge in [0.1, 0.15) is 6.04 Å². The smallest absolute Gasteiger partial charge is 0.240 e. The van der Waals surface area contributed by atoms with Crippen molar-refractivity contribution in [3.63, 3.8) is 0 Å². The highest BCUT2D eigenvalue weighted by molar-refractivity contribution is 9.10. The lowest BCUT2D eigenvalue weighted by Crippen LogP contribution is -2.21. The molecule has 0 aliphatic rings. The third-order valence-corrected chi connectivity index (χ3v) is 2.21. The second kappa shape index (κ2) is 5.28. The van der Waals surface area contributed by atoms with Crippen molar-refractivity contribution < 1.29 is 9.47 Å². The average Bonchev–Trinajstić information content (AvgIpc) is 2.45. The Balaban J connectivity index is 2.80. The highest BCUT2D eigenvalue weighted by Gasteiger charge is 2.16. The Morgan fingerprint density at radius 2 is 2.00 bits per heavy atom. The van der Waals surface area contributed by atoms with Crippen molar-refractivity contribution in [3.05, 3.63) is 4.73 Å². The first-order valence-corrected chi connectivity index (χ1v) is 4.83. The quantitative estimate of drug-likeness (QED) is 0.836. The minimum atomic E-state index is -0.0239. The number of nitrogen functional groups attached to an aromatic ring is 1. The molecule has 1 heterocycles. The molecule has 0 aliphatic heterocycles. The van der Waals surface area contributed by atoms with Gasteiger partial charge in [-0.05, 0) is 15.9 Å². The minimum Gasteiger partial charge on any atom is -0.382 e. The van der Waals surface area contributed by atoms with E-state index in [-0.39, 0.29) is 12.0 Å². The molecule has 80 valence electrons. The molecule has 14 heavy (non-hydrogen) atoms. The molecule has 1 aromatic rings. The number of anilines is 1. The summed E-state index contributed by atoms with van der Waals surface area (Å²) in [4.78, 5) is 3.93. The molecule has 7 heteroatoms. The summed E-state index contributed by atoms with van der Waals surface area (Å²) in [6, 6.07) is -0.0239. The summed E-state index contributed by atoms with van der Waals surface area (Å²) >= 11 is 3.26. The van der Waals surface area contributed by atoms with Gasteiger partial charge in [-0.1, -0.05) is 0 Å². The number of hydrogen-bond donors (Lipinski definition) is 1. The Hall–Kier alpha value is -0.660. The van der Waals surface area contributed by atoms with Crippen molar-refractivity contribution in [1.82, 2.24) is 14.8 Å². The molecule has 0 saturated carbocycles. The van der Waals surface area contributed by atoms with Crippen LogP contribution in [0.5, 0.6) is 0 Å². The van der Waals surface area contributed by atoms with Crippen molar-refractivity contribution in [2.45, 2.75) is 6.04 Å². The zero-order valence-corrected chi connectivity index (χ0v) is 9.69. The second-order valence-corrected chi connectivity index (χ2v) is 3.46. The van der Waals surface area contributed by atoms with Gasteiger partial charge in [-0.15, -0.1) is 5.10 Å². The second-order valence-electron chi connectivity index (χ2n) is 2.75. The Morgan fingerprint density at radius 1 is 1.43 bits per heavy atom. The van der Waals surface area contributed by atoms with Crippen molar-refractivity contribution in [1.29, 1.82) is 0 Å². The van der Waals surface area contributed by atoms with Gasteiger partial charge in [-0.3, -0.25) is 0 Å². The molecule has 0 unspecified atom stereocenters. The van der Waals surface area contributed by atoms with Gasteiger partial charge >= 0.3 is 0 Å². The van der Waals surface area contributed by atoms with Gasteiger partial charge < -0.3 is 15.2 Å². The van der Waals surface area contributed by atoms with E-state index in [4.69, 9.17) is 15.2 Å². The zero-order valence-electron chi connectivity index (χ0n) is 8.11. The van der Waals surface area contributed by atoms with Crippen LogP contribution >= 0.6 is 15.9 Å². The molecule has 0 aromatic carbocycles. The molecule has 0 fully saturated rings. The molecule has 2 N–H and O–H groups in total. The normalized spacial score (nSPS) is 11.1. The van der Waals surface area contributed by atoms with E-state index in [2.05, 4.69) is 26.0 Å². The number of halogens is 1. The van der Waals surface area contributed by atoms with Crippen LogP contribution in [-0.2, 0) is 9.47 Å². The lowest BCUT2D eigenvalue weighted by atomic mass is 10.3. The predicted molar refractivity (Wildman–Crippen MR) is 54.9 cm³/mol. The first-order valence-electron chi connectivity index (χ1n) is 4.04. The van der Waals surface area contributed by atoms with Crippen LogP contribution in [0.15, 0.2) is 4.73 Å². The van der Waals surface area contributed by atoms with Gasteiger partial charge in [0.2, 0.25) is 5.95 Å². The van der Waals surface area contributed by atoms with Crippen molar-refractivity contribution in [2.75, 3.05) is 33.2 Å². The van der Waals surface area contributed by atoms with Crippen LogP contribution in [0.1, 0.15) is 6.04 Å². The summed E-state index contributed by atoms with van der Waals surface area (Å²) in [7, 11) is 3.24. The molecule has 1 aromatic heterocycles. The van der Waals surface area contributed by atoms with Crippen LogP contribution < -0.4 is 5.73 Å². The van der Waals surface area contributed by atoms with E-state index in [0.717, 1.165) is 0 Å². The van der Waals surface area contributed by atoms with Crippen LogP contribution in [0.2, 0.25) is 0 Å². The van der Waals surface area contributed by atoms with Gasteiger partial charge in [0.05, 0.1) is 13.2 Å². The fraction of sp³-hybridized carbons (Fsp3) is 0.714. The Kier molecular flexibility index (Phi) is 4.30. The maximum atomic E-state index is 5.45. The van der Waals surface area contributed by atoms with Gasteiger partial charge in [0.25, 0.3) is 0 Å². The highest BCUT2D eigenvalue weighted by Crippen LogP contribution is 2.15. The molecule has 0 radical (unpaired) electrons. The number of aromatic nitrogens is 3. The van der Waals surface area contributed by atoms with Crippen LogP contribution in [0.3, 0.4) is 0 Å². The van der Waals surface area contributed by atoms with E-state index < -0.39 is 0 Å². The highest BCUT2D eigenvalue weighted by atomic mass is 79.9. The Bertz CT molecular complexity index is 285. The minimum absolute atomic E-state index is 0.0239. The van der Waals surface area contributed by atoms with Crippen LogP contribution in [0.4, 0.5) is 5.95 Å². The van der Waals surface area contributed by atoms with Gasteiger partial charge in [0, 0.05) is 14.2 Å². The SMILES string of the molecule is COCC(COC)n1nc(N)nc1Br. The molecule has 6 nitrogen and oxygen atoms in total. The van der Waals surface area contributed by atoms with Crippen LogP contribution in [0.25, 0.3) is 0 Å². The van der Waals surface area contributed by atoms with Crippen molar-refractivity contribution >= 4 is 21.9 Å². The lowest BCUT2D eigenvalue weighted by molar-refractivity contribution is 0.0827. The number of rotatable bonds is 5. The molecule has 0 aliphatic carbocycles. The van der Waals surface area contributed by atoms with Crippen LogP contribution in [-0.4, -0.2) is 42.2 Å². The topological polar surface area (TPSA) is 75.2 Å². The Morgan fingerprint density at radius 3 is 2.36 bits per heavy atom. The maximum Gasteiger partial charge on any atom is 0.240 e.